The number of hydrogen-bond acceptors (Lipinski definition) is 5. The molecule has 5 heteroatoms. The van der Waals surface area contributed by atoms with E-state index in [9.17, 15) is 5.26 Å². The lowest BCUT2D eigenvalue weighted by molar-refractivity contribution is -0.136. The van der Waals surface area contributed by atoms with Gasteiger partial charge in [-0.15, -0.1) is 0 Å². The van der Waals surface area contributed by atoms with Gasteiger partial charge in [-0.1, -0.05) is 0 Å². The third-order valence-corrected chi connectivity index (χ3v) is 6.47. The quantitative estimate of drug-likeness (QED) is 0.763. The Balaban J connectivity index is 1.45. The predicted molar refractivity (Wildman–Crippen MR) is 101 cm³/mol. The second kappa shape index (κ2) is 8.81. The second-order valence-corrected chi connectivity index (χ2v) is 8.37. The van der Waals surface area contributed by atoms with Gasteiger partial charge in [-0.25, -0.2) is 0 Å². The number of piperidine rings is 1. The summed E-state index contributed by atoms with van der Waals surface area (Å²) in [6, 6.07) is 3.22. The zero-order valence-corrected chi connectivity index (χ0v) is 16.3. The van der Waals surface area contributed by atoms with Gasteiger partial charge in [0.2, 0.25) is 0 Å². The molecule has 3 saturated heterocycles. The lowest BCUT2D eigenvalue weighted by atomic mass is 9.79. The zero-order valence-electron chi connectivity index (χ0n) is 16.3. The van der Waals surface area contributed by atoms with E-state index in [1.165, 1.54) is 39.0 Å². The summed E-state index contributed by atoms with van der Waals surface area (Å²) in [5.41, 5.74) is -0.172. The van der Waals surface area contributed by atoms with Crippen LogP contribution in [0.3, 0.4) is 0 Å². The molecule has 3 fully saturated rings. The van der Waals surface area contributed by atoms with Crippen LogP contribution in [0, 0.1) is 11.3 Å². The van der Waals surface area contributed by atoms with Crippen molar-refractivity contribution >= 4 is 0 Å². The minimum absolute atomic E-state index is 0.0423. The topological polar surface area (TPSA) is 42.7 Å². The van der Waals surface area contributed by atoms with E-state index in [4.69, 9.17) is 4.74 Å². The van der Waals surface area contributed by atoms with Crippen LogP contribution >= 0.6 is 0 Å². The number of rotatable bonds is 5. The molecular weight excluding hydrogens is 312 g/mol. The Hall–Kier alpha value is -0.670. The van der Waals surface area contributed by atoms with Crippen molar-refractivity contribution in [2.45, 2.75) is 70.1 Å². The maximum absolute atomic E-state index is 9.82. The fraction of sp³-hybridized carbons (Fsp3) is 0.950. The molecule has 5 nitrogen and oxygen atoms in total. The Labute approximate surface area is 153 Å². The van der Waals surface area contributed by atoms with Crippen molar-refractivity contribution in [2.24, 2.45) is 0 Å². The van der Waals surface area contributed by atoms with Crippen LogP contribution in [-0.4, -0.2) is 84.8 Å². The molecule has 3 heterocycles. The number of nitrogens with zero attached hydrogens (tertiary/aromatic N) is 4. The molecule has 0 aromatic heterocycles. The predicted octanol–water partition coefficient (Wildman–Crippen LogP) is 2.33. The van der Waals surface area contributed by atoms with Gasteiger partial charge in [0.1, 0.15) is 6.04 Å². The highest BCUT2D eigenvalue weighted by Crippen LogP contribution is 2.38. The molecule has 2 unspecified atom stereocenters. The molecule has 142 valence electrons. The molecule has 3 aliphatic rings. The summed E-state index contributed by atoms with van der Waals surface area (Å²) in [5, 5.41) is 9.82. The summed E-state index contributed by atoms with van der Waals surface area (Å²) in [6.07, 6.45) is 6.84. The van der Waals surface area contributed by atoms with Gasteiger partial charge in [0.25, 0.3) is 0 Å². The van der Waals surface area contributed by atoms with Crippen LogP contribution in [-0.2, 0) is 4.74 Å². The first-order valence-electron chi connectivity index (χ1n) is 10.4. The minimum atomic E-state index is -0.172. The highest BCUT2D eigenvalue weighted by Gasteiger charge is 2.46. The highest BCUT2D eigenvalue weighted by atomic mass is 16.5. The van der Waals surface area contributed by atoms with E-state index in [0.29, 0.717) is 6.04 Å². The van der Waals surface area contributed by atoms with E-state index in [0.717, 1.165) is 51.9 Å². The van der Waals surface area contributed by atoms with Gasteiger partial charge < -0.3 is 9.64 Å². The first kappa shape index (κ1) is 19.1. The van der Waals surface area contributed by atoms with Crippen molar-refractivity contribution in [3.8, 4) is 6.07 Å². The van der Waals surface area contributed by atoms with Gasteiger partial charge in [-0.05, 0) is 65.5 Å². The molecule has 0 saturated carbocycles. The molecular formula is C20H36N4O. The molecule has 25 heavy (non-hydrogen) atoms. The molecule has 3 rings (SSSR count). The number of nitriles is 1. The molecule has 0 bridgehead atoms. The van der Waals surface area contributed by atoms with Crippen molar-refractivity contribution in [1.29, 1.82) is 5.26 Å². The average Bonchev–Trinajstić information content (AvgIpc) is 2.63. The average molecular weight is 349 g/mol. The molecule has 0 amide bonds. The van der Waals surface area contributed by atoms with Gasteiger partial charge in [0.05, 0.1) is 11.7 Å². The molecule has 0 aromatic carbocycles. The van der Waals surface area contributed by atoms with E-state index >= 15 is 0 Å². The van der Waals surface area contributed by atoms with Crippen molar-refractivity contribution in [1.82, 2.24) is 14.7 Å². The zero-order chi connectivity index (χ0) is 17.7. The van der Waals surface area contributed by atoms with Crippen molar-refractivity contribution in [3.63, 3.8) is 0 Å². The van der Waals surface area contributed by atoms with Crippen LogP contribution in [0.15, 0.2) is 0 Å². The number of hydrogen-bond donors (Lipinski definition) is 0. The smallest absolute Gasteiger partial charge is 0.127 e. The van der Waals surface area contributed by atoms with E-state index in [2.05, 4.69) is 34.6 Å². The van der Waals surface area contributed by atoms with E-state index < -0.39 is 0 Å². The van der Waals surface area contributed by atoms with Crippen molar-refractivity contribution < 1.29 is 4.74 Å². The Kier molecular flexibility index (Phi) is 6.73. The van der Waals surface area contributed by atoms with Gasteiger partial charge in [0, 0.05) is 45.4 Å². The maximum atomic E-state index is 9.82. The van der Waals surface area contributed by atoms with Crippen molar-refractivity contribution in [2.75, 3.05) is 52.4 Å². The van der Waals surface area contributed by atoms with Crippen LogP contribution in [0.1, 0.15) is 52.4 Å². The Morgan fingerprint density at radius 1 is 1.04 bits per heavy atom. The number of likely N-dealkylation sites (tertiary alicyclic amines) is 1. The summed E-state index contributed by atoms with van der Waals surface area (Å²) in [7, 11) is 0. The molecule has 1 spiro atoms. The third kappa shape index (κ3) is 4.54. The maximum Gasteiger partial charge on any atom is 0.127 e. The van der Waals surface area contributed by atoms with Crippen LogP contribution in [0.4, 0.5) is 0 Å². The van der Waals surface area contributed by atoms with Gasteiger partial charge in [0.15, 0.2) is 0 Å². The first-order valence-corrected chi connectivity index (χ1v) is 10.4. The van der Waals surface area contributed by atoms with E-state index in [1.807, 2.05) is 0 Å². The number of ether oxygens (including phenoxy) is 1. The minimum Gasteiger partial charge on any atom is -0.372 e. The van der Waals surface area contributed by atoms with Gasteiger partial charge >= 0.3 is 0 Å². The Morgan fingerprint density at radius 3 is 2.44 bits per heavy atom. The monoisotopic (exact) mass is 348 g/mol. The largest absolute Gasteiger partial charge is 0.372 e. The molecule has 0 aliphatic carbocycles. The molecule has 2 atom stereocenters. The lowest BCUT2D eigenvalue weighted by Gasteiger charge is -2.48. The van der Waals surface area contributed by atoms with Gasteiger partial charge in [-0.2, -0.15) is 5.26 Å². The number of piperazine rings is 1. The first-order chi connectivity index (χ1) is 12.1. The van der Waals surface area contributed by atoms with Crippen LogP contribution in [0.2, 0.25) is 0 Å². The fourth-order valence-electron chi connectivity index (χ4n) is 4.91. The van der Waals surface area contributed by atoms with E-state index in [1.54, 1.807) is 0 Å². The lowest BCUT2D eigenvalue weighted by Crippen LogP contribution is -2.59. The summed E-state index contributed by atoms with van der Waals surface area (Å²) < 4.78 is 6.19. The highest BCUT2D eigenvalue weighted by molar-refractivity contribution is 5.10. The van der Waals surface area contributed by atoms with Crippen molar-refractivity contribution in [3.05, 3.63) is 0 Å². The third-order valence-electron chi connectivity index (χ3n) is 6.47. The Morgan fingerprint density at radius 2 is 1.80 bits per heavy atom. The summed E-state index contributed by atoms with van der Waals surface area (Å²) in [6.45, 7) is 13.4. The molecule has 0 radical (unpaired) electrons. The summed E-state index contributed by atoms with van der Waals surface area (Å²) >= 11 is 0. The fourth-order valence-corrected chi connectivity index (χ4v) is 4.91. The van der Waals surface area contributed by atoms with Crippen LogP contribution in [0.5, 0.6) is 0 Å². The molecule has 3 aliphatic heterocycles. The second-order valence-electron chi connectivity index (χ2n) is 8.37. The molecule has 0 N–H and O–H groups in total. The molecule has 0 aromatic rings. The standard InChI is InChI=1S/C20H36N4O/c1-18(2)23-14-12-22(13-15-23)9-6-11-24-10-5-8-20(19(24)17-21)7-3-4-16-25-20/h18-19H,3-16H2,1-2H3. The Bertz CT molecular complexity index is 442. The SMILES string of the molecule is CC(C)N1CCN(CCCN2CCCC3(CCCCO3)C2C#N)CC1. The summed E-state index contributed by atoms with van der Waals surface area (Å²) in [4.78, 5) is 7.58. The van der Waals surface area contributed by atoms with Crippen LogP contribution < -0.4 is 0 Å². The normalized spacial score (nSPS) is 33.0. The summed E-state index contributed by atoms with van der Waals surface area (Å²) in [5.74, 6) is 0. The van der Waals surface area contributed by atoms with E-state index in [-0.39, 0.29) is 11.6 Å². The van der Waals surface area contributed by atoms with Gasteiger partial charge in [-0.3, -0.25) is 9.80 Å². The van der Waals surface area contributed by atoms with Crippen LogP contribution in [0.25, 0.3) is 0 Å².